The van der Waals surface area contributed by atoms with E-state index in [1.165, 1.54) is 16.5 Å². The van der Waals surface area contributed by atoms with Crippen molar-refractivity contribution in [3.63, 3.8) is 0 Å². The Kier molecular flexibility index (Phi) is 6.83. The second-order valence-electron chi connectivity index (χ2n) is 11.2. The molecule has 4 aromatic rings. The summed E-state index contributed by atoms with van der Waals surface area (Å²) >= 11 is 0. The lowest BCUT2D eigenvalue weighted by Gasteiger charge is -2.36. The van der Waals surface area contributed by atoms with E-state index in [2.05, 4.69) is 62.9 Å². The Bertz CT molecular complexity index is 1550. The Labute approximate surface area is 228 Å². The van der Waals surface area contributed by atoms with Crippen LogP contribution in [-0.2, 0) is 16.1 Å². The van der Waals surface area contributed by atoms with Gasteiger partial charge >= 0.3 is 0 Å². The summed E-state index contributed by atoms with van der Waals surface area (Å²) in [5, 5.41) is 5.67. The van der Waals surface area contributed by atoms with Gasteiger partial charge in [-0.25, -0.2) is 16.1 Å². The van der Waals surface area contributed by atoms with Crippen LogP contribution in [0.25, 0.3) is 32.7 Å². The lowest BCUT2D eigenvalue weighted by Crippen LogP contribution is -2.55. The van der Waals surface area contributed by atoms with Crippen molar-refractivity contribution in [1.29, 1.82) is 0 Å². The largest absolute Gasteiger partial charge is 0.380 e. The van der Waals surface area contributed by atoms with Crippen LogP contribution in [0.15, 0.2) is 36.8 Å². The van der Waals surface area contributed by atoms with Crippen molar-refractivity contribution in [3.8, 4) is 11.3 Å². The van der Waals surface area contributed by atoms with Gasteiger partial charge in [0.05, 0.1) is 31.9 Å². The summed E-state index contributed by atoms with van der Waals surface area (Å²) in [6, 6.07) is 9.02. The standard InChI is InChI=1S/C30H35N7O2/c1-19(2)28-25-12-21(20-7-9-35(10-8-20)16-27(38)36-14-24(15-36)31-3)5-6-26(25)34-29(28)22-11-23(17-39-4)30-32-18-33-37(30)13-22/h5-6,11-13,18-20,24,34H,7-10,14-17H2,1-2,4H3. The maximum absolute atomic E-state index is 12.6. The molecular weight excluding hydrogens is 490 g/mol. The molecule has 39 heavy (non-hydrogen) atoms. The van der Waals surface area contributed by atoms with Gasteiger partial charge in [0.25, 0.3) is 6.04 Å². The molecule has 1 N–H and O–H groups in total. The van der Waals surface area contributed by atoms with Crippen molar-refractivity contribution in [2.45, 2.75) is 51.2 Å². The maximum Gasteiger partial charge on any atom is 0.258 e. The molecule has 6 rings (SSSR count). The topological polar surface area (TPSA) is 83.1 Å². The van der Waals surface area contributed by atoms with Crippen molar-refractivity contribution >= 4 is 22.5 Å². The molecule has 2 fully saturated rings. The van der Waals surface area contributed by atoms with Gasteiger partial charge in [0.1, 0.15) is 6.33 Å². The summed E-state index contributed by atoms with van der Waals surface area (Å²) < 4.78 is 7.27. The van der Waals surface area contributed by atoms with Gasteiger partial charge in [-0.05, 0) is 67.1 Å². The summed E-state index contributed by atoms with van der Waals surface area (Å²) in [6.07, 6.45) is 5.71. The highest BCUT2D eigenvalue weighted by Crippen LogP contribution is 2.38. The van der Waals surface area contributed by atoms with E-state index in [4.69, 9.17) is 11.3 Å². The summed E-state index contributed by atoms with van der Waals surface area (Å²) in [5.74, 6) is 0.974. The first kappa shape index (κ1) is 25.5. The predicted molar refractivity (Wildman–Crippen MR) is 150 cm³/mol. The summed E-state index contributed by atoms with van der Waals surface area (Å²) in [4.78, 5) is 28.3. The number of hydrogen-bond acceptors (Lipinski definition) is 5. The van der Waals surface area contributed by atoms with E-state index in [0.717, 1.165) is 53.9 Å². The highest BCUT2D eigenvalue weighted by molar-refractivity contribution is 5.92. The fraction of sp³-hybridized carbons (Fsp3) is 0.467. The van der Waals surface area contributed by atoms with Crippen LogP contribution in [0.5, 0.6) is 0 Å². The number of hydrogen-bond donors (Lipinski definition) is 1. The normalized spacial score (nSPS) is 17.3. The van der Waals surface area contributed by atoms with Gasteiger partial charge in [-0.3, -0.25) is 9.69 Å². The zero-order chi connectivity index (χ0) is 27.1. The minimum atomic E-state index is -0.00263. The van der Waals surface area contributed by atoms with Crippen molar-refractivity contribution in [1.82, 2.24) is 29.4 Å². The van der Waals surface area contributed by atoms with Crippen molar-refractivity contribution in [2.24, 2.45) is 0 Å². The van der Waals surface area contributed by atoms with Crippen LogP contribution in [0.2, 0.25) is 0 Å². The number of aromatic amines is 1. The molecule has 0 bridgehead atoms. The fourth-order valence-electron chi connectivity index (χ4n) is 6.16. The molecule has 5 heterocycles. The average Bonchev–Trinajstić information content (AvgIpc) is 3.53. The SMILES string of the molecule is [C-]#[N+]C1CN(C(=O)CN2CCC(c3ccc4[nH]c(-c5cc(COC)c6ncnn6c5)c(C(C)C)c4c3)CC2)C1. The molecule has 2 aliphatic rings. The van der Waals surface area contributed by atoms with Gasteiger partial charge in [0.2, 0.25) is 5.91 Å². The van der Waals surface area contributed by atoms with E-state index < -0.39 is 0 Å². The summed E-state index contributed by atoms with van der Waals surface area (Å²) in [6.45, 7) is 15.6. The molecule has 0 radical (unpaired) electrons. The molecule has 0 unspecified atom stereocenters. The maximum atomic E-state index is 12.6. The summed E-state index contributed by atoms with van der Waals surface area (Å²) in [5.41, 5.74) is 7.83. The number of aromatic nitrogens is 4. The molecule has 9 heteroatoms. The van der Waals surface area contributed by atoms with Crippen molar-refractivity contribution in [3.05, 3.63) is 64.9 Å². The van der Waals surface area contributed by atoms with Gasteiger partial charge in [0.15, 0.2) is 5.65 Å². The number of amides is 1. The van der Waals surface area contributed by atoms with Crippen LogP contribution in [-0.4, -0.2) is 81.2 Å². The molecule has 2 aliphatic heterocycles. The molecule has 0 aliphatic carbocycles. The Morgan fingerprint density at radius 2 is 2.03 bits per heavy atom. The molecular formula is C30H35N7O2. The third-order valence-corrected chi connectivity index (χ3v) is 8.30. The number of likely N-dealkylation sites (tertiary alicyclic amines) is 2. The van der Waals surface area contributed by atoms with Gasteiger partial charge in [-0.15, -0.1) is 0 Å². The molecule has 202 valence electrons. The van der Waals surface area contributed by atoms with E-state index in [0.29, 0.717) is 38.1 Å². The zero-order valence-corrected chi connectivity index (χ0v) is 22.9. The molecule has 9 nitrogen and oxygen atoms in total. The Hall–Kier alpha value is -3.74. The Balaban J connectivity index is 1.23. The van der Waals surface area contributed by atoms with Gasteiger partial charge in [0, 0.05) is 35.3 Å². The van der Waals surface area contributed by atoms with Gasteiger partial charge in [-0.1, -0.05) is 19.9 Å². The first-order valence-corrected chi connectivity index (χ1v) is 13.8. The monoisotopic (exact) mass is 525 g/mol. The van der Waals surface area contributed by atoms with Crippen molar-refractivity contribution in [2.75, 3.05) is 39.8 Å². The number of benzene rings is 1. The highest BCUT2D eigenvalue weighted by atomic mass is 16.5. The second-order valence-corrected chi connectivity index (χ2v) is 11.2. The lowest BCUT2D eigenvalue weighted by molar-refractivity contribution is -0.136. The molecule has 1 amide bonds. The van der Waals surface area contributed by atoms with Gasteiger partial charge in [-0.2, -0.15) is 5.10 Å². The number of H-pyrrole nitrogens is 1. The molecule has 3 aromatic heterocycles. The van der Waals surface area contributed by atoms with Crippen LogP contribution in [0.1, 0.15) is 55.2 Å². The number of fused-ring (bicyclic) bond motifs is 2. The van der Waals surface area contributed by atoms with Crippen LogP contribution in [0.3, 0.4) is 0 Å². The molecule has 0 atom stereocenters. The van der Waals surface area contributed by atoms with Crippen LogP contribution >= 0.6 is 0 Å². The third kappa shape index (κ3) is 4.79. The number of piperidine rings is 1. The van der Waals surface area contributed by atoms with Gasteiger partial charge < -0.3 is 19.5 Å². The Morgan fingerprint density at radius 3 is 2.74 bits per heavy atom. The third-order valence-electron chi connectivity index (χ3n) is 8.30. The van der Waals surface area contributed by atoms with E-state index in [9.17, 15) is 4.79 Å². The van der Waals surface area contributed by atoms with Crippen molar-refractivity contribution < 1.29 is 9.53 Å². The number of rotatable bonds is 7. The first-order valence-electron chi connectivity index (χ1n) is 13.8. The smallest absolute Gasteiger partial charge is 0.258 e. The zero-order valence-electron chi connectivity index (χ0n) is 22.9. The molecule has 1 aromatic carbocycles. The summed E-state index contributed by atoms with van der Waals surface area (Å²) in [7, 11) is 1.70. The molecule has 2 saturated heterocycles. The van der Waals surface area contributed by atoms with E-state index in [1.807, 2.05) is 15.6 Å². The van der Waals surface area contributed by atoms with E-state index >= 15 is 0 Å². The highest BCUT2D eigenvalue weighted by Gasteiger charge is 2.36. The number of carbonyl (C=O) groups is 1. The number of nitrogens with one attached hydrogen (secondary N) is 1. The lowest BCUT2D eigenvalue weighted by atomic mass is 9.87. The van der Waals surface area contributed by atoms with E-state index in [1.54, 1.807) is 13.4 Å². The molecule has 0 saturated carbocycles. The number of ether oxygens (including phenoxy) is 1. The average molecular weight is 526 g/mol. The Morgan fingerprint density at radius 1 is 1.23 bits per heavy atom. The predicted octanol–water partition coefficient (Wildman–Crippen LogP) is 4.46. The van der Waals surface area contributed by atoms with Crippen LogP contribution in [0, 0.1) is 6.57 Å². The number of nitrogens with zero attached hydrogens (tertiary/aromatic N) is 6. The minimum Gasteiger partial charge on any atom is -0.380 e. The minimum absolute atomic E-state index is 0.00263. The second kappa shape index (κ2) is 10.4. The van der Waals surface area contributed by atoms with Crippen LogP contribution < -0.4 is 0 Å². The molecule has 0 spiro atoms. The fourth-order valence-corrected chi connectivity index (χ4v) is 6.16. The number of methoxy groups -OCH3 is 1. The number of carbonyl (C=O) groups excluding carboxylic acids is 1. The van der Waals surface area contributed by atoms with Crippen LogP contribution in [0.4, 0.5) is 0 Å². The quantitative estimate of drug-likeness (QED) is 0.361. The number of pyridine rings is 1. The van der Waals surface area contributed by atoms with E-state index in [-0.39, 0.29) is 11.9 Å². The first-order chi connectivity index (χ1) is 18.9.